The molecule has 3 nitrogen and oxygen atoms in total. The van der Waals surface area contributed by atoms with Gasteiger partial charge in [-0.15, -0.1) is 0 Å². The number of rotatable bonds is 6. The highest BCUT2D eigenvalue weighted by Gasteiger charge is 2.42. The Kier molecular flexibility index (Phi) is 7.94. The van der Waals surface area contributed by atoms with Crippen molar-refractivity contribution < 1.29 is 8.42 Å². The van der Waals surface area contributed by atoms with Gasteiger partial charge < -0.3 is 0 Å². The van der Waals surface area contributed by atoms with Crippen LogP contribution in [0.3, 0.4) is 0 Å². The van der Waals surface area contributed by atoms with E-state index in [1.54, 1.807) is 0 Å². The summed E-state index contributed by atoms with van der Waals surface area (Å²) in [6.45, 7) is 7.07. The number of nitrogens with zero attached hydrogens (tertiary/aromatic N) is 1. The van der Waals surface area contributed by atoms with Gasteiger partial charge in [-0.25, -0.2) is 8.42 Å². The molecular weight excluding hydrogens is 619 g/mol. The first kappa shape index (κ1) is 31.3. The minimum atomic E-state index is -3.91. The number of fused-ring (bicyclic) bond motifs is 7. The quantitative estimate of drug-likeness (QED) is 0.179. The lowest BCUT2D eigenvalue weighted by atomic mass is 9.88. The molecular formula is C45H39NO2S. The molecule has 0 spiro atoms. The molecule has 7 aromatic rings. The van der Waals surface area contributed by atoms with Crippen molar-refractivity contribution in [2.75, 3.05) is 0 Å². The van der Waals surface area contributed by atoms with Crippen molar-refractivity contribution >= 4 is 31.4 Å². The van der Waals surface area contributed by atoms with Crippen molar-refractivity contribution in [3.05, 3.63) is 185 Å². The third kappa shape index (κ3) is 5.46. The molecule has 1 aliphatic heterocycles. The molecule has 0 aliphatic carbocycles. The van der Waals surface area contributed by atoms with Crippen LogP contribution in [-0.2, 0) is 22.9 Å². The summed E-state index contributed by atoms with van der Waals surface area (Å²) in [6.07, 6.45) is 0. The molecule has 0 unspecified atom stereocenters. The Bertz CT molecular complexity index is 2340. The van der Waals surface area contributed by atoms with Gasteiger partial charge >= 0.3 is 0 Å². The van der Waals surface area contributed by atoms with Crippen molar-refractivity contribution in [1.82, 2.24) is 4.90 Å². The lowest BCUT2D eigenvalue weighted by molar-refractivity contribution is 0.174. The highest BCUT2D eigenvalue weighted by atomic mass is 32.2. The smallest absolute Gasteiger partial charge is 0.187 e. The molecule has 2 atom stereocenters. The van der Waals surface area contributed by atoms with Crippen LogP contribution in [0.5, 0.6) is 0 Å². The van der Waals surface area contributed by atoms with E-state index in [2.05, 4.69) is 89.8 Å². The molecule has 49 heavy (non-hydrogen) atoms. The number of hydrogen-bond acceptors (Lipinski definition) is 3. The van der Waals surface area contributed by atoms with E-state index < -0.39 is 21.1 Å². The molecule has 8 rings (SSSR count). The van der Waals surface area contributed by atoms with Crippen LogP contribution < -0.4 is 0 Å². The zero-order chi connectivity index (χ0) is 33.7. The van der Waals surface area contributed by atoms with Gasteiger partial charge in [-0.3, -0.25) is 4.90 Å². The lowest BCUT2D eigenvalue weighted by Crippen LogP contribution is -2.35. The van der Waals surface area contributed by atoms with E-state index in [4.69, 9.17) is 0 Å². The van der Waals surface area contributed by atoms with Crippen LogP contribution in [0.4, 0.5) is 0 Å². The zero-order valence-corrected chi connectivity index (χ0v) is 28.9. The molecule has 4 heteroatoms. The molecule has 1 aliphatic rings. The third-order valence-corrected chi connectivity index (χ3v) is 12.6. The van der Waals surface area contributed by atoms with Gasteiger partial charge in [0.25, 0.3) is 0 Å². The second-order valence-electron chi connectivity index (χ2n) is 13.5. The standard InChI is InChI=1S/C45H39NO2S/c1-30-26-31(2)44(32(3)27-30)49(47,48)45(36-18-8-5-9-19-36)43(35-16-6-4-7-17-35)46-28-37-24-22-33-14-10-12-20-39(33)41(37)42-38(29-46)25-23-34-15-11-13-21-40(34)42/h4-27,43,45H,28-29H2,1-3H3/t43-,45-/m1/s1. The van der Waals surface area contributed by atoms with E-state index in [0.717, 1.165) is 27.8 Å². The molecule has 0 saturated carbocycles. The molecule has 0 fully saturated rings. The monoisotopic (exact) mass is 657 g/mol. The highest BCUT2D eigenvalue weighted by molar-refractivity contribution is 7.91. The lowest BCUT2D eigenvalue weighted by Gasteiger charge is -2.38. The highest BCUT2D eigenvalue weighted by Crippen LogP contribution is 2.49. The van der Waals surface area contributed by atoms with Crippen LogP contribution in [0.1, 0.15) is 50.2 Å². The number of aryl methyl sites for hydroxylation is 3. The van der Waals surface area contributed by atoms with Crippen LogP contribution in [-0.4, -0.2) is 13.3 Å². The Morgan fingerprint density at radius 2 is 0.980 bits per heavy atom. The van der Waals surface area contributed by atoms with Gasteiger partial charge in [0.05, 0.1) is 10.9 Å². The van der Waals surface area contributed by atoms with E-state index in [0.29, 0.717) is 18.0 Å². The van der Waals surface area contributed by atoms with Crippen molar-refractivity contribution in [3.8, 4) is 11.1 Å². The van der Waals surface area contributed by atoms with E-state index in [1.165, 1.54) is 43.8 Å². The van der Waals surface area contributed by atoms with Crippen molar-refractivity contribution in [2.45, 2.75) is 50.0 Å². The van der Waals surface area contributed by atoms with Gasteiger partial charge in [-0.2, -0.15) is 0 Å². The molecule has 0 radical (unpaired) electrons. The predicted octanol–water partition coefficient (Wildman–Crippen LogP) is 10.9. The summed E-state index contributed by atoms with van der Waals surface area (Å²) >= 11 is 0. The predicted molar refractivity (Wildman–Crippen MR) is 202 cm³/mol. The first-order valence-electron chi connectivity index (χ1n) is 17.0. The van der Waals surface area contributed by atoms with Gasteiger partial charge in [0.2, 0.25) is 0 Å². The summed E-state index contributed by atoms with van der Waals surface area (Å²) in [4.78, 5) is 2.85. The molecule has 7 aromatic carbocycles. The van der Waals surface area contributed by atoms with Crippen LogP contribution in [0.25, 0.3) is 32.7 Å². The summed E-state index contributed by atoms with van der Waals surface area (Å²) < 4.78 is 30.9. The second-order valence-corrected chi connectivity index (χ2v) is 15.5. The summed E-state index contributed by atoms with van der Waals surface area (Å²) in [6, 6.07) is 49.8. The van der Waals surface area contributed by atoms with E-state index in [-0.39, 0.29) is 0 Å². The second kappa shape index (κ2) is 12.5. The zero-order valence-electron chi connectivity index (χ0n) is 28.1. The van der Waals surface area contributed by atoms with Gasteiger partial charge in [0.1, 0.15) is 5.25 Å². The molecule has 0 aromatic heterocycles. The maximum atomic E-state index is 15.4. The average Bonchev–Trinajstić information content (AvgIpc) is 3.28. The van der Waals surface area contributed by atoms with Gasteiger partial charge in [-0.1, -0.05) is 151 Å². The molecule has 0 bridgehead atoms. The van der Waals surface area contributed by atoms with E-state index in [1.807, 2.05) is 81.4 Å². The maximum absolute atomic E-state index is 15.4. The Morgan fingerprint density at radius 3 is 1.49 bits per heavy atom. The average molecular weight is 658 g/mol. The number of hydrogen-bond donors (Lipinski definition) is 0. The number of sulfone groups is 1. The van der Waals surface area contributed by atoms with Gasteiger partial charge in [-0.05, 0) is 86.8 Å². The fourth-order valence-electron chi connectivity index (χ4n) is 8.32. The summed E-state index contributed by atoms with van der Waals surface area (Å²) in [5.74, 6) is 0. The molecule has 242 valence electrons. The van der Waals surface area contributed by atoms with Crippen LogP contribution in [0.2, 0.25) is 0 Å². The van der Waals surface area contributed by atoms with Crippen LogP contribution in [0.15, 0.2) is 150 Å². The van der Waals surface area contributed by atoms with Crippen LogP contribution in [0, 0.1) is 20.8 Å². The fraction of sp³-hybridized carbons (Fsp3) is 0.156. The topological polar surface area (TPSA) is 37.4 Å². The largest absolute Gasteiger partial charge is 0.286 e. The Labute approximate surface area is 289 Å². The molecule has 0 saturated heterocycles. The molecule has 1 heterocycles. The van der Waals surface area contributed by atoms with Gasteiger partial charge in [0.15, 0.2) is 9.84 Å². The van der Waals surface area contributed by atoms with Crippen molar-refractivity contribution in [1.29, 1.82) is 0 Å². The SMILES string of the molecule is Cc1cc(C)c(S(=O)(=O)[C@H](c2ccccc2)[C@@H](c2ccccc2)N2Cc3ccc4ccccc4c3-c3c(ccc4ccccc34)C2)c(C)c1. The minimum absolute atomic E-state index is 0.431. The normalized spacial score (nSPS) is 14.6. The summed E-state index contributed by atoms with van der Waals surface area (Å²) in [5, 5.41) is 3.97. The summed E-state index contributed by atoms with van der Waals surface area (Å²) in [7, 11) is -3.91. The first-order chi connectivity index (χ1) is 23.8. The molecule has 0 amide bonds. The van der Waals surface area contributed by atoms with Crippen molar-refractivity contribution in [2.24, 2.45) is 0 Å². The van der Waals surface area contributed by atoms with Crippen molar-refractivity contribution in [3.63, 3.8) is 0 Å². The summed E-state index contributed by atoms with van der Waals surface area (Å²) in [5.41, 5.74) is 9.27. The third-order valence-electron chi connectivity index (χ3n) is 10.2. The van der Waals surface area contributed by atoms with E-state index in [9.17, 15) is 0 Å². The van der Waals surface area contributed by atoms with Gasteiger partial charge in [0, 0.05) is 13.1 Å². The fourth-order valence-corrected chi connectivity index (χ4v) is 10.8. The Hall–Kier alpha value is -5.03. The number of benzene rings is 7. The Morgan fingerprint density at radius 1 is 0.531 bits per heavy atom. The molecule has 0 N–H and O–H groups in total. The van der Waals surface area contributed by atoms with E-state index >= 15 is 8.42 Å². The Balaban J connectivity index is 1.42. The minimum Gasteiger partial charge on any atom is -0.286 e. The maximum Gasteiger partial charge on any atom is 0.187 e. The first-order valence-corrected chi connectivity index (χ1v) is 18.5. The van der Waals surface area contributed by atoms with Crippen LogP contribution >= 0.6 is 0 Å².